The van der Waals surface area contributed by atoms with Crippen LogP contribution >= 0.6 is 24.0 Å². The summed E-state index contributed by atoms with van der Waals surface area (Å²) in [6.07, 6.45) is 0. The second-order valence-corrected chi connectivity index (χ2v) is 7.20. The average Bonchev–Trinajstić information content (AvgIpc) is 2.77. The van der Waals surface area contributed by atoms with Crippen molar-refractivity contribution < 1.29 is 14.4 Å². The van der Waals surface area contributed by atoms with E-state index in [1.807, 2.05) is 18.2 Å². The molecule has 2 heterocycles. The van der Waals surface area contributed by atoms with Crippen LogP contribution < -0.4 is 10.6 Å². The third-order valence-corrected chi connectivity index (χ3v) is 5.02. The summed E-state index contributed by atoms with van der Waals surface area (Å²) in [4.78, 5) is 39.8. The van der Waals surface area contributed by atoms with Crippen molar-refractivity contribution in [3.05, 3.63) is 34.9 Å². The van der Waals surface area contributed by atoms with E-state index in [1.165, 1.54) is 4.90 Å². The molecule has 4 amide bonds. The second-order valence-electron chi connectivity index (χ2n) is 6.77. The van der Waals surface area contributed by atoms with Gasteiger partial charge >= 0.3 is 6.03 Å². The van der Waals surface area contributed by atoms with Gasteiger partial charge in [-0.2, -0.15) is 0 Å². The number of benzene rings is 1. The van der Waals surface area contributed by atoms with E-state index in [9.17, 15) is 14.4 Å². The van der Waals surface area contributed by atoms with Crippen molar-refractivity contribution in [1.82, 2.24) is 20.4 Å². The quantitative estimate of drug-likeness (QED) is 0.754. The van der Waals surface area contributed by atoms with Gasteiger partial charge in [-0.05, 0) is 31.5 Å². The topological polar surface area (TPSA) is 81.8 Å². The first-order valence-corrected chi connectivity index (χ1v) is 8.57. The maximum Gasteiger partial charge on any atom is 0.325 e. The van der Waals surface area contributed by atoms with E-state index in [1.54, 1.807) is 24.8 Å². The molecular formula is C17H22Cl2N4O3. The Hall–Kier alpha value is -1.83. The number of carbonyl (C=O) groups excluding carboxylic acids is 3. The van der Waals surface area contributed by atoms with E-state index < -0.39 is 17.5 Å². The first-order chi connectivity index (χ1) is 11.8. The number of nitrogens with zero attached hydrogens (tertiary/aromatic N) is 2. The van der Waals surface area contributed by atoms with Gasteiger partial charge in [-0.15, -0.1) is 12.4 Å². The van der Waals surface area contributed by atoms with E-state index in [0.29, 0.717) is 24.7 Å². The lowest BCUT2D eigenvalue weighted by Gasteiger charge is -2.38. The number of rotatable bonds is 3. The first-order valence-electron chi connectivity index (χ1n) is 8.19. The van der Waals surface area contributed by atoms with Gasteiger partial charge in [-0.25, -0.2) is 4.79 Å². The minimum atomic E-state index is -1.04. The molecule has 3 rings (SSSR count). The van der Waals surface area contributed by atoms with E-state index in [0.717, 1.165) is 5.56 Å². The molecule has 2 aliphatic rings. The van der Waals surface area contributed by atoms with Gasteiger partial charge in [0.15, 0.2) is 0 Å². The van der Waals surface area contributed by atoms with Crippen molar-refractivity contribution >= 4 is 41.9 Å². The highest BCUT2D eigenvalue weighted by molar-refractivity contribution is 6.30. The van der Waals surface area contributed by atoms with Gasteiger partial charge in [-0.1, -0.05) is 23.7 Å². The highest BCUT2D eigenvalue weighted by Gasteiger charge is 2.47. The number of piperazine rings is 1. The summed E-state index contributed by atoms with van der Waals surface area (Å²) in [6, 6.07) is 6.72. The molecule has 1 aromatic rings. The van der Waals surface area contributed by atoms with Gasteiger partial charge in [0, 0.05) is 24.7 Å². The van der Waals surface area contributed by atoms with Crippen LogP contribution in [0.4, 0.5) is 4.79 Å². The number of hydrogen-bond acceptors (Lipinski definition) is 4. The maximum atomic E-state index is 12.9. The summed E-state index contributed by atoms with van der Waals surface area (Å²) in [5.74, 6) is -0.582. The third-order valence-electron chi connectivity index (χ3n) is 4.79. The van der Waals surface area contributed by atoms with Crippen LogP contribution in [0, 0.1) is 0 Å². The van der Waals surface area contributed by atoms with Gasteiger partial charge in [0.25, 0.3) is 5.91 Å². The Bertz CT molecular complexity index is 726. The molecule has 2 N–H and O–H groups in total. The van der Waals surface area contributed by atoms with Gasteiger partial charge in [0.2, 0.25) is 5.91 Å². The number of urea groups is 1. The second kappa shape index (κ2) is 7.82. The molecule has 1 atom stereocenters. The van der Waals surface area contributed by atoms with Crippen LogP contribution in [0.3, 0.4) is 0 Å². The summed E-state index contributed by atoms with van der Waals surface area (Å²) >= 11 is 6.08. The minimum Gasteiger partial charge on any atom is -0.332 e. The minimum absolute atomic E-state index is 0. The van der Waals surface area contributed by atoms with E-state index in [-0.39, 0.29) is 30.9 Å². The zero-order valence-corrected chi connectivity index (χ0v) is 16.2. The molecule has 0 spiro atoms. The Labute approximate surface area is 163 Å². The standard InChI is InChI=1S/C17H21ClN4O3.ClH/c1-17(2)15(24)20-16(25)22(17)10-14(23)21-7-6-19-9-13(21)11-4-3-5-12(18)8-11;/h3-5,8,13,19H,6-7,9-10H2,1-2H3,(H,20,24,25);1H. The number of halogens is 2. The summed E-state index contributed by atoms with van der Waals surface area (Å²) in [6.45, 7) is 4.94. The van der Waals surface area contributed by atoms with Crippen molar-refractivity contribution in [2.75, 3.05) is 26.2 Å². The van der Waals surface area contributed by atoms with Gasteiger partial charge in [-0.3, -0.25) is 14.9 Å². The molecule has 2 fully saturated rings. The van der Waals surface area contributed by atoms with E-state index >= 15 is 0 Å². The van der Waals surface area contributed by atoms with Crippen molar-refractivity contribution in [3.63, 3.8) is 0 Å². The molecule has 9 heteroatoms. The van der Waals surface area contributed by atoms with Crippen molar-refractivity contribution in [3.8, 4) is 0 Å². The number of nitrogens with one attached hydrogen (secondary N) is 2. The predicted molar refractivity (Wildman–Crippen MR) is 100 cm³/mol. The number of carbonyl (C=O) groups is 3. The molecular weight excluding hydrogens is 379 g/mol. The first kappa shape index (κ1) is 20.5. The Balaban J connectivity index is 0.00000243. The van der Waals surface area contributed by atoms with Crippen LogP contribution in [0.2, 0.25) is 5.02 Å². The Kier molecular flexibility index (Phi) is 6.16. The van der Waals surface area contributed by atoms with Gasteiger partial charge < -0.3 is 15.1 Å². The van der Waals surface area contributed by atoms with Crippen LogP contribution in [0.5, 0.6) is 0 Å². The zero-order valence-electron chi connectivity index (χ0n) is 14.6. The lowest BCUT2D eigenvalue weighted by molar-refractivity contribution is -0.136. The fourth-order valence-electron chi connectivity index (χ4n) is 3.20. The molecule has 2 aliphatic heterocycles. The molecule has 0 bridgehead atoms. The third kappa shape index (κ3) is 3.79. The Morgan fingerprint density at radius 3 is 2.69 bits per heavy atom. The molecule has 0 radical (unpaired) electrons. The molecule has 142 valence electrons. The molecule has 0 saturated carbocycles. The SMILES string of the molecule is CC1(C)C(=O)NC(=O)N1CC(=O)N1CCNCC1c1cccc(Cl)c1.Cl. The fourth-order valence-corrected chi connectivity index (χ4v) is 3.40. The van der Waals surface area contributed by atoms with E-state index in [2.05, 4.69) is 10.6 Å². The monoisotopic (exact) mass is 400 g/mol. The summed E-state index contributed by atoms with van der Waals surface area (Å²) < 4.78 is 0. The molecule has 2 saturated heterocycles. The number of hydrogen-bond donors (Lipinski definition) is 2. The predicted octanol–water partition coefficient (Wildman–Crippen LogP) is 1.57. The van der Waals surface area contributed by atoms with Gasteiger partial charge in [0.1, 0.15) is 12.1 Å². The molecule has 1 unspecified atom stereocenters. The molecule has 7 nitrogen and oxygen atoms in total. The Morgan fingerprint density at radius 2 is 2.08 bits per heavy atom. The molecule has 26 heavy (non-hydrogen) atoms. The summed E-state index contributed by atoms with van der Waals surface area (Å²) in [7, 11) is 0. The Morgan fingerprint density at radius 1 is 1.35 bits per heavy atom. The molecule has 1 aromatic carbocycles. The molecule has 0 aliphatic carbocycles. The normalized spacial score (nSPS) is 22.0. The highest BCUT2D eigenvalue weighted by Crippen LogP contribution is 2.26. The summed E-state index contributed by atoms with van der Waals surface area (Å²) in [5, 5.41) is 6.15. The lowest BCUT2D eigenvalue weighted by atomic mass is 10.0. The van der Waals surface area contributed by atoms with Crippen LogP contribution in [0.15, 0.2) is 24.3 Å². The van der Waals surface area contributed by atoms with Crippen LogP contribution in [-0.4, -0.2) is 59.4 Å². The smallest absolute Gasteiger partial charge is 0.325 e. The van der Waals surface area contributed by atoms with Crippen molar-refractivity contribution in [2.24, 2.45) is 0 Å². The highest BCUT2D eigenvalue weighted by atomic mass is 35.5. The van der Waals surface area contributed by atoms with Crippen molar-refractivity contribution in [2.45, 2.75) is 25.4 Å². The van der Waals surface area contributed by atoms with Crippen LogP contribution in [-0.2, 0) is 9.59 Å². The lowest BCUT2D eigenvalue weighted by Crippen LogP contribution is -2.54. The largest absolute Gasteiger partial charge is 0.332 e. The van der Waals surface area contributed by atoms with E-state index in [4.69, 9.17) is 11.6 Å². The van der Waals surface area contributed by atoms with Crippen molar-refractivity contribution in [1.29, 1.82) is 0 Å². The van der Waals surface area contributed by atoms with Crippen LogP contribution in [0.25, 0.3) is 0 Å². The van der Waals surface area contributed by atoms with Crippen LogP contribution in [0.1, 0.15) is 25.5 Å². The fraction of sp³-hybridized carbons (Fsp3) is 0.471. The maximum absolute atomic E-state index is 12.9. The number of amides is 4. The number of imide groups is 1. The molecule has 0 aromatic heterocycles. The summed E-state index contributed by atoms with van der Waals surface area (Å²) in [5.41, 5.74) is -0.0963. The van der Waals surface area contributed by atoms with Gasteiger partial charge in [0.05, 0.1) is 6.04 Å². The average molecular weight is 401 g/mol. The zero-order chi connectivity index (χ0) is 18.2.